The summed E-state index contributed by atoms with van der Waals surface area (Å²) < 4.78 is 10.9. The maximum absolute atomic E-state index is 12.4. The zero-order valence-electron chi connectivity index (χ0n) is 12.8. The standard InChI is InChI=1S/C18H19NO3/c1-13-5-3-4-6-17(13)22-12-18(20)19-10-9-14-11-15(21-2)7-8-16(14)19/h3-8,11H,9-10,12H2,1-2H3. The SMILES string of the molecule is COc1ccc2c(c1)CCN2C(=O)COc1ccccc1C. The number of hydrogen-bond acceptors (Lipinski definition) is 3. The third-order valence-corrected chi connectivity index (χ3v) is 3.93. The van der Waals surface area contributed by atoms with Gasteiger partial charge in [0.15, 0.2) is 6.61 Å². The lowest BCUT2D eigenvalue weighted by Crippen LogP contribution is -2.33. The number of aryl methyl sites for hydroxylation is 1. The van der Waals surface area contributed by atoms with Crippen LogP contribution in [-0.4, -0.2) is 26.2 Å². The minimum atomic E-state index is -0.0211. The van der Waals surface area contributed by atoms with E-state index >= 15 is 0 Å². The molecule has 2 aromatic rings. The van der Waals surface area contributed by atoms with Gasteiger partial charge in [0.25, 0.3) is 5.91 Å². The minimum absolute atomic E-state index is 0.0211. The van der Waals surface area contributed by atoms with Crippen molar-refractivity contribution in [1.29, 1.82) is 0 Å². The Balaban J connectivity index is 1.69. The van der Waals surface area contributed by atoms with Crippen LogP contribution in [0.1, 0.15) is 11.1 Å². The van der Waals surface area contributed by atoms with Gasteiger partial charge in [-0.3, -0.25) is 4.79 Å². The van der Waals surface area contributed by atoms with Crippen LogP contribution in [0.2, 0.25) is 0 Å². The van der Waals surface area contributed by atoms with Crippen molar-refractivity contribution >= 4 is 11.6 Å². The second-order valence-corrected chi connectivity index (χ2v) is 5.34. The molecule has 1 aliphatic heterocycles. The zero-order chi connectivity index (χ0) is 15.5. The molecule has 1 aliphatic rings. The highest BCUT2D eigenvalue weighted by Gasteiger charge is 2.25. The fourth-order valence-electron chi connectivity index (χ4n) is 2.70. The topological polar surface area (TPSA) is 38.8 Å². The number of methoxy groups -OCH3 is 1. The van der Waals surface area contributed by atoms with E-state index in [4.69, 9.17) is 9.47 Å². The Bertz CT molecular complexity index is 696. The third-order valence-electron chi connectivity index (χ3n) is 3.93. The average molecular weight is 297 g/mol. The van der Waals surface area contributed by atoms with Crippen molar-refractivity contribution in [2.75, 3.05) is 25.2 Å². The molecule has 0 aromatic heterocycles. The Kier molecular flexibility index (Phi) is 4.00. The third kappa shape index (κ3) is 2.77. The summed E-state index contributed by atoms with van der Waals surface area (Å²) in [5.74, 6) is 1.56. The van der Waals surface area contributed by atoms with Crippen molar-refractivity contribution in [2.45, 2.75) is 13.3 Å². The highest BCUT2D eigenvalue weighted by molar-refractivity contribution is 5.96. The van der Waals surface area contributed by atoms with Crippen LogP contribution < -0.4 is 14.4 Å². The van der Waals surface area contributed by atoms with E-state index in [9.17, 15) is 4.79 Å². The van der Waals surface area contributed by atoms with Gasteiger partial charge in [0, 0.05) is 12.2 Å². The Labute approximate surface area is 130 Å². The van der Waals surface area contributed by atoms with Gasteiger partial charge in [-0.25, -0.2) is 0 Å². The number of nitrogens with zero attached hydrogens (tertiary/aromatic N) is 1. The first-order valence-corrected chi connectivity index (χ1v) is 7.35. The second kappa shape index (κ2) is 6.10. The molecule has 1 heterocycles. The van der Waals surface area contributed by atoms with Crippen molar-refractivity contribution in [3.63, 3.8) is 0 Å². The lowest BCUT2D eigenvalue weighted by atomic mass is 10.1. The van der Waals surface area contributed by atoms with Crippen LogP contribution in [0.15, 0.2) is 42.5 Å². The first-order valence-electron chi connectivity index (χ1n) is 7.35. The molecule has 0 spiro atoms. The lowest BCUT2D eigenvalue weighted by molar-refractivity contribution is -0.120. The van der Waals surface area contributed by atoms with Crippen molar-refractivity contribution < 1.29 is 14.3 Å². The summed E-state index contributed by atoms with van der Waals surface area (Å²) >= 11 is 0. The fraction of sp³-hybridized carbons (Fsp3) is 0.278. The molecule has 0 bridgehead atoms. The quantitative estimate of drug-likeness (QED) is 0.871. The summed E-state index contributed by atoms with van der Waals surface area (Å²) in [5.41, 5.74) is 3.13. The summed E-state index contributed by atoms with van der Waals surface area (Å²) in [6.07, 6.45) is 0.850. The number of rotatable bonds is 4. The molecule has 4 heteroatoms. The van der Waals surface area contributed by atoms with Gasteiger partial charge in [-0.15, -0.1) is 0 Å². The van der Waals surface area contributed by atoms with Gasteiger partial charge in [0.05, 0.1) is 7.11 Å². The number of benzene rings is 2. The molecule has 3 rings (SSSR count). The largest absolute Gasteiger partial charge is 0.497 e. The second-order valence-electron chi connectivity index (χ2n) is 5.34. The molecule has 1 amide bonds. The van der Waals surface area contributed by atoms with Crippen molar-refractivity contribution in [3.05, 3.63) is 53.6 Å². The maximum Gasteiger partial charge on any atom is 0.264 e. The summed E-state index contributed by atoms with van der Waals surface area (Å²) in [7, 11) is 1.65. The van der Waals surface area contributed by atoms with Gasteiger partial charge in [0.2, 0.25) is 0 Å². The first-order chi connectivity index (χ1) is 10.7. The smallest absolute Gasteiger partial charge is 0.264 e. The summed E-state index contributed by atoms with van der Waals surface area (Å²) in [6.45, 7) is 2.71. The summed E-state index contributed by atoms with van der Waals surface area (Å²) in [5, 5.41) is 0. The molecular weight excluding hydrogens is 278 g/mol. The summed E-state index contributed by atoms with van der Waals surface area (Å²) in [4.78, 5) is 14.2. The van der Waals surface area contributed by atoms with E-state index in [2.05, 4.69) is 0 Å². The molecule has 0 fully saturated rings. The van der Waals surface area contributed by atoms with Crippen LogP contribution in [0.25, 0.3) is 0 Å². The number of para-hydroxylation sites is 1. The first kappa shape index (κ1) is 14.4. The highest BCUT2D eigenvalue weighted by Crippen LogP contribution is 2.31. The molecule has 0 atom stereocenters. The van der Waals surface area contributed by atoms with Crippen LogP contribution in [-0.2, 0) is 11.2 Å². The Hall–Kier alpha value is -2.49. The molecule has 0 unspecified atom stereocenters. The number of amides is 1. The Morgan fingerprint density at radius 3 is 2.82 bits per heavy atom. The molecule has 0 saturated carbocycles. The zero-order valence-corrected chi connectivity index (χ0v) is 12.8. The molecule has 4 nitrogen and oxygen atoms in total. The normalized spacial score (nSPS) is 12.9. The molecular formula is C18H19NO3. The van der Waals surface area contributed by atoms with E-state index < -0.39 is 0 Å². The molecule has 114 valence electrons. The van der Waals surface area contributed by atoms with E-state index in [1.54, 1.807) is 12.0 Å². The minimum Gasteiger partial charge on any atom is -0.497 e. The van der Waals surface area contributed by atoms with E-state index in [1.165, 1.54) is 0 Å². The predicted molar refractivity (Wildman–Crippen MR) is 85.7 cm³/mol. The number of carbonyl (C=O) groups is 1. The van der Waals surface area contributed by atoms with Crippen LogP contribution >= 0.6 is 0 Å². The van der Waals surface area contributed by atoms with Gasteiger partial charge in [-0.2, -0.15) is 0 Å². The highest BCUT2D eigenvalue weighted by atomic mass is 16.5. The van der Waals surface area contributed by atoms with Crippen LogP contribution in [0.5, 0.6) is 11.5 Å². The predicted octanol–water partition coefficient (Wildman–Crippen LogP) is 2.97. The van der Waals surface area contributed by atoms with E-state index in [0.717, 1.165) is 34.7 Å². The maximum atomic E-state index is 12.4. The fourth-order valence-corrected chi connectivity index (χ4v) is 2.70. The molecule has 0 N–H and O–H groups in total. The van der Waals surface area contributed by atoms with E-state index in [-0.39, 0.29) is 12.5 Å². The number of anilines is 1. The number of hydrogen-bond donors (Lipinski definition) is 0. The van der Waals surface area contributed by atoms with Crippen LogP contribution in [0, 0.1) is 6.92 Å². The Morgan fingerprint density at radius 1 is 1.23 bits per heavy atom. The molecule has 0 saturated heterocycles. The Morgan fingerprint density at radius 2 is 2.05 bits per heavy atom. The number of carbonyl (C=O) groups excluding carboxylic acids is 1. The van der Waals surface area contributed by atoms with Crippen molar-refractivity contribution in [3.8, 4) is 11.5 Å². The van der Waals surface area contributed by atoms with E-state index in [1.807, 2.05) is 49.4 Å². The van der Waals surface area contributed by atoms with Crippen LogP contribution in [0.4, 0.5) is 5.69 Å². The lowest BCUT2D eigenvalue weighted by Gasteiger charge is -2.18. The van der Waals surface area contributed by atoms with Gasteiger partial charge in [0.1, 0.15) is 11.5 Å². The van der Waals surface area contributed by atoms with Gasteiger partial charge in [-0.05, 0) is 48.7 Å². The van der Waals surface area contributed by atoms with Crippen LogP contribution in [0.3, 0.4) is 0 Å². The van der Waals surface area contributed by atoms with Gasteiger partial charge >= 0.3 is 0 Å². The van der Waals surface area contributed by atoms with Gasteiger partial charge < -0.3 is 14.4 Å². The number of ether oxygens (including phenoxy) is 2. The molecule has 0 aliphatic carbocycles. The van der Waals surface area contributed by atoms with Crippen molar-refractivity contribution in [2.24, 2.45) is 0 Å². The van der Waals surface area contributed by atoms with Gasteiger partial charge in [-0.1, -0.05) is 18.2 Å². The summed E-state index contributed by atoms with van der Waals surface area (Å²) in [6, 6.07) is 13.5. The van der Waals surface area contributed by atoms with E-state index in [0.29, 0.717) is 6.54 Å². The average Bonchev–Trinajstić information content (AvgIpc) is 2.96. The molecule has 0 radical (unpaired) electrons. The monoisotopic (exact) mass is 297 g/mol. The molecule has 2 aromatic carbocycles. The molecule has 22 heavy (non-hydrogen) atoms. The van der Waals surface area contributed by atoms with Crippen molar-refractivity contribution in [1.82, 2.24) is 0 Å². The number of fused-ring (bicyclic) bond motifs is 1.